The van der Waals surface area contributed by atoms with Gasteiger partial charge < -0.3 is 20.4 Å². The van der Waals surface area contributed by atoms with E-state index in [-0.39, 0.29) is 29.9 Å². The maximum Gasteiger partial charge on any atom is 0.223 e. The maximum absolute atomic E-state index is 12.4. The van der Waals surface area contributed by atoms with Crippen LogP contribution in [0.2, 0.25) is 0 Å². The molecule has 0 bridgehead atoms. The lowest BCUT2D eigenvalue weighted by Gasteiger charge is -2.18. The molecule has 2 heterocycles. The minimum absolute atomic E-state index is 0. The predicted molar refractivity (Wildman–Crippen MR) is 137 cm³/mol. The average Bonchev–Trinajstić information content (AvgIpc) is 3.40. The number of hydrogen-bond donors (Lipinski definition) is 2. The standard InChI is InChI=1S/C24H37N5O.HI/c1-2-25-24(26-15-20-11-12-28(17-20)22-8-9-22)27-16-21-14-23(30)29(18-21)13-10-19-6-4-3-5-7-19;/h3-7,20-22H,2,8-18H2,1H3,(H2,25,26,27);1H. The van der Waals surface area contributed by atoms with Crippen molar-refractivity contribution in [1.82, 2.24) is 20.4 Å². The number of likely N-dealkylation sites (tertiary alicyclic amines) is 2. The van der Waals surface area contributed by atoms with Gasteiger partial charge in [0, 0.05) is 57.6 Å². The zero-order chi connectivity index (χ0) is 20.8. The Kier molecular flexibility index (Phi) is 9.44. The summed E-state index contributed by atoms with van der Waals surface area (Å²) in [7, 11) is 0. The summed E-state index contributed by atoms with van der Waals surface area (Å²) in [6.45, 7) is 8.78. The summed E-state index contributed by atoms with van der Waals surface area (Å²) in [5.74, 6) is 2.21. The second-order valence-corrected chi connectivity index (χ2v) is 9.13. The fraction of sp³-hybridized carbons (Fsp3) is 0.667. The van der Waals surface area contributed by atoms with Crippen LogP contribution in [0.15, 0.2) is 35.3 Å². The number of amides is 1. The molecular formula is C24H38IN5O. The van der Waals surface area contributed by atoms with Crippen molar-refractivity contribution >= 4 is 35.8 Å². The van der Waals surface area contributed by atoms with Crippen molar-refractivity contribution in [2.75, 3.05) is 45.8 Å². The lowest BCUT2D eigenvalue weighted by atomic mass is 10.1. The highest BCUT2D eigenvalue weighted by Gasteiger charge is 2.34. The van der Waals surface area contributed by atoms with Crippen LogP contribution in [0.3, 0.4) is 0 Å². The summed E-state index contributed by atoms with van der Waals surface area (Å²) < 4.78 is 0. The quantitative estimate of drug-likeness (QED) is 0.288. The molecule has 2 atom stereocenters. The van der Waals surface area contributed by atoms with Gasteiger partial charge in [0.25, 0.3) is 0 Å². The highest BCUT2D eigenvalue weighted by atomic mass is 127. The van der Waals surface area contributed by atoms with E-state index in [2.05, 4.69) is 46.7 Å². The minimum atomic E-state index is 0. The van der Waals surface area contributed by atoms with Crippen LogP contribution in [0.5, 0.6) is 0 Å². The van der Waals surface area contributed by atoms with E-state index in [4.69, 9.17) is 4.99 Å². The summed E-state index contributed by atoms with van der Waals surface area (Å²) >= 11 is 0. The summed E-state index contributed by atoms with van der Waals surface area (Å²) in [6.07, 6.45) is 5.62. The second kappa shape index (κ2) is 12.0. The number of carbonyl (C=O) groups excluding carboxylic acids is 1. The Morgan fingerprint density at radius 2 is 1.90 bits per heavy atom. The summed E-state index contributed by atoms with van der Waals surface area (Å²) in [5.41, 5.74) is 1.29. The molecule has 3 aliphatic rings. The van der Waals surface area contributed by atoms with Gasteiger partial charge in [-0.3, -0.25) is 9.79 Å². The Morgan fingerprint density at radius 1 is 1.10 bits per heavy atom. The SMILES string of the molecule is CCNC(=NCC1CC(=O)N(CCc2ccccc2)C1)NCC1CCN(C2CC2)C1.I. The molecule has 1 aromatic carbocycles. The van der Waals surface area contributed by atoms with Gasteiger partial charge in [-0.05, 0) is 50.6 Å². The van der Waals surface area contributed by atoms with E-state index < -0.39 is 0 Å². The largest absolute Gasteiger partial charge is 0.357 e. The molecule has 4 rings (SSSR count). The van der Waals surface area contributed by atoms with Crippen LogP contribution in [0.4, 0.5) is 0 Å². The third-order valence-corrected chi connectivity index (χ3v) is 6.60. The number of carbonyl (C=O) groups is 1. The van der Waals surface area contributed by atoms with Gasteiger partial charge in [-0.15, -0.1) is 24.0 Å². The number of halogens is 1. The van der Waals surface area contributed by atoms with Crippen LogP contribution in [0.25, 0.3) is 0 Å². The number of benzene rings is 1. The molecule has 3 fully saturated rings. The molecule has 2 N–H and O–H groups in total. The molecule has 0 radical (unpaired) electrons. The van der Waals surface area contributed by atoms with E-state index in [0.717, 1.165) is 50.5 Å². The van der Waals surface area contributed by atoms with Gasteiger partial charge in [-0.1, -0.05) is 30.3 Å². The first-order valence-corrected chi connectivity index (χ1v) is 11.8. The van der Waals surface area contributed by atoms with E-state index in [1.807, 2.05) is 11.0 Å². The smallest absolute Gasteiger partial charge is 0.223 e. The molecular weight excluding hydrogens is 501 g/mol. The molecule has 2 aliphatic heterocycles. The van der Waals surface area contributed by atoms with Crippen molar-refractivity contribution in [2.24, 2.45) is 16.8 Å². The minimum Gasteiger partial charge on any atom is -0.357 e. The van der Waals surface area contributed by atoms with Crippen molar-refractivity contribution in [1.29, 1.82) is 0 Å². The van der Waals surface area contributed by atoms with Gasteiger partial charge in [-0.2, -0.15) is 0 Å². The van der Waals surface area contributed by atoms with Crippen molar-refractivity contribution in [3.05, 3.63) is 35.9 Å². The fourth-order valence-corrected chi connectivity index (χ4v) is 4.70. The molecule has 0 spiro atoms. The van der Waals surface area contributed by atoms with Gasteiger partial charge in [-0.25, -0.2) is 0 Å². The molecule has 31 heavy (non-hydrogen) atoms. The molecule has 1 aliphatic carbocycles. The van der Waals surface area contributed by atoms with Crippen molar-refractivity contribution in [3.8, 4) is 0 Å². The first-order valence-electron chi connectivity index (χ1n) is 11.8. The topological polar surface area (TPSA) is 60.0 Å². The molecule has 2 unspecified atom stereocenters. The maximum atomic E-state index is 12.4. The monoisotopic (exact) mass is 539 g/mol. The normalized spacial score (nSPS) is 24.4. The predicted octanol–water partition coefficient (Wildman–Crippen LogP) is 2.74. The van der Waals surface area contributed by atoms with Gasteiger partial charge in [0.15, 0.2) is 5.96 Å². The molecule has 7 heteroatoms. The van der Waals surface area contributed by atoms with E-state index >= 15 is 0 Å². The average molecular weight is 540 g/mol. The Morgan fingerprint density at radius 3 is 2.65 bits per heavy atom. The Hall–Kier alpha value is -1.35. The molecule has 0 aromatic heterocycles. The van der Waals surface area contributed by atoms with Crippen molar-refractivity contribution in [2.45, 2.75) is 45.1 Å². The zero-order valence-corrected chi connectivity index (χ0v) is 21.1. The van der Waals surface area contributed by atoms with Gasteiger partial charge >= 0.3 is 0 Å². The molecule has 1 amide bonds. The number of hydrogen-bond acceptors (Lipinski definition) is 3. The number of aliphatic imine (C=N–C) groups is 1. The molecule has 172 valence electrons. The third kappa shape index (κ3) is 7.34. The van der Waals surface area contributed by atoms with Crippen molar-refractivity contribution < 1.29 is 4.79 Å². The molecule has 6 nitrogen and oxygen atoms in total. The molecule has 1 saturated carbocycles. The van der Waals surface area contributed by atoms with Crippen LogP contribution in [-0.4, -0.2) is 73.5 Å². The lowest BCUT2D eigenvalue weighted by molar-refractivity contribution is -0.127. The molecule has 1 aromatic rings. The lowest BCUT2D eigenvalue weighted by Crippen LogP contribution is -2.40. The fourth-order valence-electron chi connectivity index (χ4n) is 4.70. The number of nitrogens with zero attached hydrogens (tertiary/aromatic N) is 3. The van der Waals surface area contributed by atoms with E-state index in [9.17, 15) is 4.79 Å². The number of guanidine groups is 1. The summed E-state index contributed by atoms with van der Waals surface area (Å²) in [5, 5.41) is 6.92. The van der Waals surface area contributed by atoms with Crippen LogP contribution < -0.4 is 10.6 Å². The third-order valence-electron chi connectivity index (χ3n) is 6.60. The number of nitrogens with one attached hydrogen (secondary N) is 2. The van der Waals surface area contributed by atoms with Gasteiger partial charge in [0.05, 0.1) is 0 Å². The van der Waals surface area contributed by atoms with Crippen LogP contribution in [-0.2, 0) is 11.2 Å². The van der Waals surface area contributed by atoms with E-state index in [1.54, 1.807) is 0 Å². The first kappa shape index (κ1) is 24.3. The Labute approximate surface area is 204 Å². The van der Waals surface area contributed by atoms with Crippen LogP contribution >= 0.6 is 24.0 Å². The van der Waals surface area contributed by atoms with Crippen LogP contribution in [0, 0.1) is 11.8 Å². The summed E-state index contributed by atoms with van der Waals surface area (Å²) in [4.78, 5) is 21.9. The number of rotatable bonds is 9. The van der Waals surface area contributed by atoms with Crippen LogP contribution in [0.1, 0.15) is 38.2 Å². The summed E-state index contributed by atoms with van der Waals surface area (Å²) in [6, 6.07) is 11.3. The van der Waals surface area contributed by atoms with E-state index in [1.165, 1.54) is 37.9 Å². The van der Waals surface area contributed by atoms with Gasteiger partial charge in [0.2, 0.25) is 5.91 Å². The Bertz CT molecular complexity index is 724. The highest BCUT2D eigenvalue weighted by Crippen LogP contribution is 2.31. The second-order valence-electron chi connectivity index (χ2n) is 9.13. The Balaban J connectivity index is 0.00000272. The van der Waals surface area contributed by atoms with E-state index in [0.29, 0.717) is 18.9 Å². The van der Waals surface area contributed by atoms with Gasteiger partial charge in [0.1, 0.15) is 0 Å². The van der Waals surface area contributed by atoms with Crippen molar-refractivity contribution in [3.63, 3.8) is 0 Å². The highest BCUT2D eigenvalue weighted by molar-refractivity contribution is 14.0. The zero-order valence-electron chi connectivity index (χ0n) is 18.8. The first-order chi connectivity index (χ1) is 14.7. The molecule has 2 saturated heterocycles.